The predicted molar refractivity (Wildman–Crippen MR) is 64.5 cm³/mol. The minimum Gasteiger partial charge on any atom is -0.249 e. The maximum atomic E-state index is 12.3. The number of aryl methyl sites for hydroxylation is 1. The summed E-state index contributed by atoms with van der Waals surface area (Å²) in [5.74, 6) is 0.327. The first kappa shape index (κ1) is 12.3. The van der Waals surface area contributed by atoms with Crippen molar-refractivity contribution >= 4 is 33.0 Å². The summed E-state index contributed by atoms with van der Waals surface area (Å²) < 4.78 is 26.3. The summed E-state index contributed by atoms with van der Waals surface area (Å²) in [6, 6.07) is 0.145. The van der Waals surface area contributed by atoms with Crippen LogP contribution in [0, 0.1) is 6.92 Å². The quantitative estimate of drug-likeness (QED) is 0.774. The van der Waals surface area contributed by atoms with Crippen LogP contribution in [0.3, 0.4) is 0 Å². The van der Waals surface area contributed by atoms with Crippen LogP contribution in [0.5, 0.6) is 0 Å². The highest BCUT2D eigenvalue weighted by atomic mass is 35.5. The maximum Gasteiger partial charge on any atom is 0.254 e. The predicted octanol–water partition coefficient (Wildman–Crippen LogP) is 1.84. The summed E-state index contributed by atoms with van der Waals surface area (Å²) in [4.78, 5) is 3.98. The van der Waals surface area contributed by atoms with Crippen LogP contribution in [0.2, 0.25) is 0 Å². The third kappa shape index (κ3) is 2.40. The highest BCUT2D eigenvalue weighted by Crippen LogP contribution is 2.33. The molecule has 16 heavy (non-hydrogen) atoms. The lowest BCUT2D eigenvalue weighted by Crippen LogP contribution is -2.34. The van der Waals surface area contributed by atoms with Gasteiger partial charge in [-0.2, -0.15) is 4.31 Å². The van der Waals surface area contributed by atoms with Gasteiger partial charge in [0.1, 0.15) is 0 Å². The lowest BCUT2D eigenvalue weighted by Gasteiger charge is -2.19. The topological polar surface area (TPSA) is 50.3 Å². The van der Waals surface area contributed by atoms with Crippen LogP contribution in [0.15, 0.2) is 10.4 Å². The number of halogens is 1. The third-order valence-corrected chi connectivity index (χ3v) is 5.89. The fourth-order valence-corrected chi connectivity index (χ4v) is 4.73. The van der Waals surface area contributed by atoms with E-state index in [-0.39, 0.29) is 6.04 Å². The van der Waals surface area contributed by atoms with E-state index in [0.29, 0.717) is 16.6 Å². The Hall–Kier alpha value is -0.170. The van der Waals surface area contributed by atoms with E-state index in [4.69, 9.17) is 11.6 Å². The van der Waals surface area contributed by atoms with Crippen molar-refractivity contribution in [3.05, 3.63) is 11.2 Å². The fraction of sp³-hybridized carbons (Fsp3) is 0.667. The second-order valence-electron chi connectivity index (χ2n) is 3.73. The Labute approximate surface area is 104 Å². The minimum absolute atomic E-state index is 0.145. The van der Waals surface area contributed by atoms with Crippen molar-refractivity contribution in [1.82, 2.24) is 9.29 Å². The summed E-state index contributed by atoms with van der Waals surface area (Å²) in [6.07, 6.45) is 3.31. The second-order valence-corrected chi connectivity index (χ2v) is 7.46. The number of aromatic nitrogens is 1. The van der Waals surface area contributed by atoms with Crippen LogP contribution < -0.4 is 0 Å². The molecule has 0 spiro atoms. The smallest absolute Gasteiger partial charge is 0.249 e. The molecule has 7 heteroatoms. The van der Waals surface area contributed by atoms with Gasteiger partial charge in [-0.1, -0.05) is 0 Å². The van der Waals surface area contributed by atoms with E-state index in [0.717, 1.165) is 17.8 Å². The van der Waals surface area contributed by atoms with Crippen LogP contribution in [0.1, 0.15) is 17.8 Å². The number of alkyl halides is 1. The molecule has 1 heterocycles. The van der Waals surface area contributed by atoms with E-state index in [1.165, 1.54) is 21.8 Å². The van der Waals surface area contributed by atoms with Crippen molar-refractivity contribution in [3.8, 4) is 0 Å². The van der Waals surface area contributed by atoms with E-state index in [1.807, 2.05) is 0 Å². The number of thiazole rings is 1. The lowest BCUT2D eigenvalue weighted by molar-refractivity contribution is 0.424. The van der Waals surface area contributed by atoms with E-state index in [2.05, 4.69) is 4.98 Å². The summed E-state index contributed by atoms with van der Waals surface area (Å²) in [6.45, 7) is 2.18. The summed E-state index contributed by atoms with van der Waals surface area (Å²) in [7, 11) is -3.37. The molecule has 0 radical (unpaired) electrons. The molecule has 1 aliphatic rings. The van der Waals surface area contributed by atoms with Gasteiger partial charge in [0.15, 0.2) is 4.21 Å². The van der Waals surface area contributed by atoms with Crippen molar-refractivity contribution < 1.29 is 8.42 Å². The highest BCUT2D eigenvalue weighted by Gasteiger charge is 2.38. The van der Waals surface area contributed by atoms with Gasteiger partial charge in [0.25, 0.3) is 10.0 Å². The van der Waals surface area contributed by atoms with Gasteiger partial charge in [-0.05, 0) is 19.8 Å². The summed E-state index contributed by atoms with van der Waals surface area (Å²) in [5, 5.41) is 0.764. The van der Waals surface area contributed by atoms with Gasteiger partial charge in [-0.15, -0.1) is 22.9 Å². The highest BCUT2D eigenvalue weighted by molar-refractivity contribution is 7.91. The molecule has 0 N–H and O–H groups in total. The Morgan fingerprint density at radius 3 is 2.75 bits per heavy atom. The second kappa shape index (κ2) is 4.60. The van der Waals surface area contributed by atoms with Gasteiger partial charge in [0.05, 0.1) is 11.2 Å². The fourth-order valence-electron chi connectivity index (χ4n) is 1.52. The van der Waals surface area contributed by atoms with E-state index in [9.17, 15) is 8.42 Å². The molecule has 1 fully saturated rings. The number of rotatable bonds is 5. The van der Waals surface area contributed by atoms with Crippen LogP contribution in [0.4, 0.5) is 0 Å². The molecule has 0 saturated heterocycles. The monoisotopic (exact) mass is 280 g/mol. The molecular weight excluding hydrogens is 268 g/mol. The molecule has 1 aromatic heterocycles. The number of sulfonamides is 1. The zero-order valence-corrected chi connectivity index (χ0v) is 11.3. The van der Waals surface area contributed by atoms with Crippen molar-refractivity contribution in [2.75, 3.05) is 12.4 Å². The van der Waals surface area contributed by atoms with Gasteiger partial charge in [-0.3, -0.25) is 0 Å². The lowest BCUT2D eigenvalue weighted by atomic mass is 10.6. The van der Waals surface area contributed by atoms with Gasteiger partial charge in [0, 0.05) is 18.5 Å². The zero-order chi connectivity index (χ0) is 11.8. The molecule has 1 aliphatic carbocycles. The molecule has 1 saturated carbocycles. The van der Waals surface area contributed by atoms with Gasteiger partial charge in [-0.25, -0.2) is 13.4 Å². The van der Waals surface area contributed by atoms with E-state index in [1.54, 1.807) is 6.92 Å². The van der Waals surface area contributed by atoms with E-state index < -0.39 is 10.0 Å². The average molecular weight is 281 g/mol. The van der Waals surface area contributed by atoms with Crippen molar-refractivity contribution in [1.29, 1.82) is 0 Å². The van der Waals surface area contributed by atoms with Crippen LogP contribution in [-0.4, -0.2) is 36.2 Å². The summed E-state index contributed by atoms with van der Waals surface area (Å²) >= 11 is 6.86. The van der Waals surface area contributed by atoms with Gasteiger partial charge in [0.2, 0.25) is 0 Å². The first-order chi connectivity index (χ1) is 7.55. The van der Waals surface area contributed by atoms with Crippen LogP contribution in [0.25, 0.3) is 0 Å². The SMILES string of the molecule is Cc1ncc(S(=O)(=O)N(CCCl)C2CC2)s1. The molecule has 0 aromatic carbocycles. The molecule has 0 aliphatic heterocycles. The van der Waals surface area contributed by atoms with Crippen LogP contribution >= 0.6 is 22.9 Å². The van der Waals surface area contributed by atoms with Gasteiger partial charge >= 0.3 is 0 Å². The Kier molecular flexibility index (Phi) is 3.53. The molecule has 1 aromatic rings. The van der Waals surface area contributed by atoms with Crippen molar-refractivity contribution in [2.24, 2.45) is 0 Å². The molecule has 90 valence electrons. The maximum absolute atomic E-state index is 12.3. The first-order valence-corrected chi connectivity index (χ1v) is 7.85. The molecule has 0 atom stereocenters. The third-order valence-electron chi connectivity index (χ3n) is 2.42. The standard InChI is InChI=1S/C9H13ClN2O2S2/c1-7-11-6-9(15-7)16(13,14)12(5-4-10)8-2-3-8/h6,8H,2-5H2,1H3. The van der Waals surface area contributed by atoms with Crippen molar-refractivity contribution in [3.63, 3.8) is 0 Å². The Bertz CT molecular complexity index is 468. The molecule has 4 nitrogen and oxygen atoms in total. The molecule has 0 unspecified atom stereocenters. The van der Waals surface area contributed by atoms with Crippen LogP contribution in [-0.2, 0) is 10.0 Å². The summed E-state index contributed by atoms with van der Waals surface area (Å²) in [5.41, 5.74) is 0. The Morgan fingerprint density at radius 2 is 2.31 bits per heavy atom. The number of hydrogen-bond acceptors (Lipinski definition) is 4. The van der Waals surface area contributed by atoms with E-state index >= 15 is 0 Å². The Morgan fingerprint density at radius 1 is 1.62 bits per heavy atom. The normalized spacial score (nSPS) is 16.9. The minimum atomic E-state index is -3.37. The zero-order valence-electron chi connectivity index (χ0n) is 8.89. The number of nitrogens with zero attached hydrogens (tertiary/aromatic N) is 2. The molecule has 2 rings (SSSR count). The Balaban J connectivity index is 2.28. The molecular formula is C9H13ClN2O2S2. The average Bonchev–Trinajstić information content (AvgIpc) is 2.96. The largest absolute Gasteiger partial charge is 0.254 e. The molecule has 0 amide bonds. The van der Waals surface area contributed by atoms with Crippen molar-refractivity contribution in [2.45, 2.75) is 30.0 Å². The number of hydrogen-bond donors (Lipinski definition) is 0. The molecule has 0 bridgehead atoms. The first-order valence-electron chi connectivity index (χ1n) is 5.06. The van der Waals surface area contributed by atoms with Gasteiger partial charge < -0.3 is 0 Å².